The van der Waals surface area contributed by atoms with Crippen LogP contribution >= 0.6 is 0 Å². The van der Waals surface area contributed by atoms with Gasteiger partial charge in [0.2, 0.25) is 0 Å². The van der Waals surface area contributed by atoms with Gasteiger partial charge in [-0.1, -0.05) is 65.3 Å². The molecule has 1 N–H and O–H groups in total. The smallest absolute Gasteiger partial charge is 0.310 e. The predicted octanol–water partition coefficient (Wildman–Crippen LogP) is 7.65. The highest BCUT2D eigenvalue weighted by molar-refractivity contribution is 5.76. The van der Waals surface area contributed by atoms with Crippen molar-refractivity contribution < 1.29 is 14.4 Å². The molecule has 3 fully saturated rings. The minimum absolute atomic E-state index is 0.0667. The van der Waals surface area contributed by atoms with Gasteiger partial charge in [0.15, 0.2) is 0 Å². The molecule has 5 aliphatic rings. The highest BCUT2D eigenvalue weighted by Crippen LogP contribution is 2.75. The lowest BCUT2D eigenvalue weighted by atomic mass is 9.34. The summed E-state index contributed by atoms with van der Waals surface area (Å²) in [6, 6.07) is 0. The summed E-state index contributed by atoms with van der Waals surface area (Å²) in [6.45, 7) is 17.3. The Morgan fingerprint density at radius 2 is 1.77 bits per heavy atom. The van der Waals surface area contributed by atoms with Gasteiger partial charge >= 0.3 is 5.97 Å². The Kier molecular flexibility index (Phi) is 4.79. The van der Waals surface area contributed by atoms with Crippen LogP contribution < -0.4 is 0 Å². The molecule has 6 rings (SSSR count). The van der Waals surface area contributed by atoms with Gasteiger partial charge in [0.05, 0.1) is 11.6 Å². The van der Waals surface area contributed by atoms with Gasteiger partial charge in [0, 0.05) is 12.0 Å². The van der Waals surface area contributed by atoms with E-state index in [1.54, 1.807) is 0 Å². The summed E-state index contributed by atoms with van der Waals surface area (Å²) >= 11 is 0. The molecule has 5 aliphatic carbocycles. The van der Waals surface area contributed by atoms with Gasteiger partial charge in [0.25, 0.3) is 0 Å². The second-order valence-corrected chi connectivity index (χ2v) is 14.9. The van der Waals surface area contributed by atoms with Crippen molar-refractivity contribution in [2.75, 3.05) is 0 Å². The van der Waals surface area contributed by atoms with E-state index in [4.69, 9.17) is 4.52 Å². The van der Waals surface area contributed by atoms with Crippen molar-refractivity contribution in [3.63, 3.8) is 0 Å². The fourth-order valence-electron chi connectivity index (χ4n) is 10.7. The lowest BCUT2D eigenvalue weighted by molar-refractivity contribution is -0.178. The van der Waals surface area contributed by atoms with Crippen LogP contribution in [0.15, 0.2) is 22.4 Å². The fourth-order valence-corrected chi connectivity index (χ4v) is 10.7. The number of allylic oxidation sites excluding steroid dienone is 2. The van der Waals surface area contributed by atoms with Gasteiger partial charge in [-0.15, -0.1) is 0 Å². The molecule has 0 saturated heterocycles. The normalized spacial score (nSPS) is 50.0. The minimum atomic E-state index is -0.561. The molecule has 35 heavy (non-hydrogen) atoms. The Bertz CT molecular complexity index is 1100. The highest BCUT2D eigenvalue weighted by Gasteiger charge is 2.69. The van der Waals surface area contributed by atoms with Crippen LogP contribution in [0.5, 0.6) is 0 Å². The lowest BCUT2D eigenvalue weighted by Gasteiger charge is -2.70. The van der Waals surface area contributed by atoms with Gasteiger partial charge < -0.3 is 9.63 Å². The Morgan fingerprint density at radius 1 is 1.06 bits per heavy atom. The summed E-state index contributed by atoms with van der Waals surface area (Å²) in [5.74, 6) is 2.96. The van der Waals surface area contributed by atoms with E-state index in [1.807, 2.05) is 6.20 Å². The van der Waals surface area contributed by atoms with E-state index in [1.165, 1.54) is 17.6 Å². The van der Waals surface area contributed by atoms with Gasteiger partial charge in [0.1, 0.15) is 5.76 Å². The Labute approximate surface area is 211 Å². The molecule has 0 bridgehead atoms. The predicted molar refractivity (Wildman–Crippen MR) is 137 cm³/mol. The van der Waals surface area contributed by atoms with Crippen molar-refractivity contribution in [2.24, 2.45) is 50.7 Å². The number of fused-ring (bicyclic) bond motifs is 8. The van der Waals surface area contributed by atoms with Crippen molar-refractivity contribution in [2.45, 2.75) is 106 Å². The molecular weight excluding hydrogens is 434 g/mol. The second kappa shape index (κ2) is 7.04. The summed E-state index contributed by atoms with van der Waals surface area (Å²) in [4.78, 5) is 12.8. The number of nitrogens with zero attached hydrogens (tertiary/aromatic N) is 1. The largest absolute Gasteiger partial charge is 0.481 e. The number of carbonyl (C=O) groups is 1. The van der Waals surface area contributed by atoms with E-state index in [0.29, 0.717) is 23.7 Å². The van der Waals surface area contributed by atoms with Gasteiger partial charge in [-0.25, -0.2) is 0 Å². The van der Waals surface area contributed by atoms with Crippen molar-refractivity contribution in [1.82, 2.24) is 5.16 Å². The molecule has 192 valence electrons. The lowest BCUT2D eigenvalue weighted by Crippen LogP contribution is -2.64. The zero-order valence-corrected chi connectivity index (χ0v) is 22.9. The zero-order chi connectivity index (χ0) is 25.2. The fraction of sp³-hybridized carbons (Fsp3) is 0.806. The quantitative estimate of drug-likeness (QED) is 0.420. The number of rotatable bonds is 1. The van der Waals surface area contributed by atoms with Crippen molar-refractivity contribution in [1.29, 1.82) is 0 Å². The standard InChI is InChI=1S/C31H45NO3/c1-18-14-30(7)22(25-19(2)20-17-32-35-24(20)16-28(18,25)5)9-8-21-23-15-27(3,4)10-12-31(23,26(33)34)13-11-29(21,30)6/h8,17-19,22-23,25H,9-16H2,1-7H3,(H,33,34)/t18-,19-,22-,23?,25?,28+,29-,30-,31+/m1/s1. The third-order valence-electron chi connectivity index (χ3n) is 13.2. The molecule has 0 amide bonds. The maximum Gasteiger partial charge on any atom is 0.310 e. The highest BCUT2D eigenvalue weighted by atomic mass is 16.5. The van der Waals surface area contributed by atoms with Crippen molar-refractivity contribution in [3.8, 4) is 0 Å². The topological polar surface area (TPSA) is 63.3 Å². The molecule has 0 radical (unpaired) electrons. The molecule has 9 atom stereocenters. The molecule has 3 saturated carbocycles. The van der Waals surface area contributed by atoms with Crippen molar-refractivity contribution >= 4 is 5.97 Å². The molecule has 2 unspecified atom stereocenters. The van der Waals surface area contributed by atoms with Crippen LogP contribution in [0.4, 0.5) is 0 Å². The summed E-state index contributed by atoms with van der Waals surface area (Å²) in [5, 5.41) is 14.8. The van der Waals surface area contributed by atoms with Gasteiger partial charge in [-0.3, -0.25) is 4.79 Å². The summed E-state index contributed by atoms with van der Waals surface area (Å²) in [7, 11) is 0. The maximum atomic E-state index is 12.8. The number of hydrogen-bond donors (Lipinski definition) is 1. The minimum Gasteiger partial charge on any atom is -0.481 e. The zero-order valence-electron chi connectivity index (χ0n) is 22.9. The van der Waals surface area contributed by atoms with Crippen LogP contribution in [0.25, 0.3) is 0 Å². The van der Waals surface area contributed by atoms with Crippen LogP contribution in [-0.2, 0) is 11.2 Å². The van der Waals surface area contributed by atoms with Crippen LogP contribution in [-0.4, -0.2) is 16.2 Å². The number of aromatic nitrogens is 1. The third kappa shape index (κ3) is 2.80. The first-order valence-electron chi connectivity index (χ1n) is 14.2. The number of carboxylic acid groups (broad SMARTS) is 1. The average Bonchev–Trinajstić information content (AvgIpc) is 3.23. The third-order valence-corrected chi connectivity index (χ3v) is 13.2. The molecule has 1 aromatic rings. The SMILES string of the molecule is C[C@@H]1c2cnoc2C[C@]2(C)C1[C@H]1CC=C3C4CC(C)(C)CC[C@]4(C(=O)O)CC[C@@]3(C)[C@]1(C)C[C@H]2C. The van der Waals surface area contributed by atoms with E-state index in [-0.39, 0.29) is 27.6 Å². The number of carboxylic acids is 1. The van der Waals surface area contributed by atoms with E-state index in [0.717, 1.165) is 50.7 Å². The second-order valence-electron chi connectivity index (χ2n) is 14.9. The monoisotopic (exact) mass is 479 g/mol. The first-order valence-corrected chi connectivity index (χ1v) is 14.2. The van der Waals surface area contributed by atoms with Crippen LogP contribution in [0.2, 0.25) is 0 Å². The van der Waals surface area contributed by atoms with E-state index >= 15 is 0 Å². The Morgan fingerprint density at radius 3 is 2.49 bits per heavy atom. The number of hydrogen-bond acceptors (Lipinski definition) is 3. The molecule has 0 aliphatic heterocycles. The molecule has 1 aromatic heterocycles. The average molecular weight is 480 g/mol. The van der Waals surface area contributed by atoms with E-state index in [2.05, 4.69) is 59.7 Å². The molecule has 0 aromatic carbocycles. The van der Waals surface area contributed by atoms with E-state index < -0.39 is 11.4 Å². The molecule has 1 heterocycles. The maximum absolute atomic E-state index is 12.8. The Hall–Kier alpha value is -1.58. The van der Waals surface area contributed by atoms with Crippen LogP contribution in [0.1, 0.15) is 111 Å². The van der Waals surface area contributed by atoms with E-state index in [9.17, 15) is 9.90 Å². The number of aliphatic carboxylic acids is 1. The van der Waals surface area contributed by atoms with Gasteiger partial charge in [-0.05, 0) is 96.2 Å². The molecular formula is C31H45NO3. The molecule has 4 nitrogen and oxygen atoms in total. The summed E-state index contributed by atoms with van der Waals surface area (Å²) < 4.78 is 5.75. The summed E-state index contributed by atoms with van der Waals surface area (Å²) in [6.07, 6.45) is 12.6. The van der Waals surface area contributed by atoms with Crippen LogP contribution in [0.3, 0.4) is 0 Å². The van der Waals surface area contributed by atoms with Crippen LogP contribution in [0, 0.1) is 50.7 Å². The summed E-state index contributed by atoms with van der Waals surface area (Å²) in [5.41, 5.74) is 2.95. The Balaban J connectivity index is 1.48. The first kappa shape index (κ1) is 23.8. The van der Waals surface area contributed by atoms with Gasteiger partial charge in [-0.2, -0.15) is 0 Å². The first-order chi connectivity index (χ1) is 16.3. The molecule has 0 spiro atoms. The molecule has 4 heteroatoms. The van der Waals surface area contributed by atoms with Crippen molar-refractivity contribution in [3.05, 3.63) is 29.2 Å².